The molecule has 0 saturated heterocycles. The molecule has 0 N–H and O–H groups in total. The van der Waals surface area contributed by atoms with Crippen molar-refractivity contribution in [1.29, 1.82) is 0 Å². The Morgan fingerprint density at radius 3 is 2.24 bits per heavy atom. The van der Waals surface area contributed by atoms with Crippen molar-refractivity contribution in [3.05, 3.63) is 64.6 Å². The summed E-state index contributed by atoms with van der Waals surface area (Å²) >= 11 is 3.44. The maximum atomic E-state index is 12.4. The lowest BCUT2D eigenvalue weighted by Crippen LogP contribution is -2.03. The molecule has 2 aromatic carbocycles. The lowest BCUT2D eigenvalue weighted by atomic mass is 10.2. The van der Waals surface area contributed by atoms with Gasteiger partial charge < -0.3 is 0 Å². The molecule has 2 unspecified atom stereocenters. The molecule has 2 rings (SSSR count). The van der Waals surface area contributed by atoms with Gasteiger partial charge in [0.05, 0.1) is 20.9 Å². The highest BCUT2D eigenvalue weighted by Crippen LogP contribution is 2.28. The quantitative estimate of drug-likeness (QED) is 0.825. The second-order valence-electron chi connectivity index (χ2n) is 3.78. The second kappa shape index (κ2) is 5.61. The van der Waals surface area contributed by atoms with E-state index < -0.39 is 10.8 Å². The van der Waals surface area contributed by atoms with Gasteiger partial charge in [0.25, 0.3) is 0 Å². The molecular weight excluding hydrogens is 296 g/mol. The third-order valence-electron chi connectivity index (χ3n) is 2.64. The molecule has 0 saturated carbocycles. The van der Waals surface area contributed by atoms with Gasteiger partial charge in [0.2, 0.25) is 0 Å². The summed E-state index contributed by atoms with van der Waals surface area (Å²) in [5.41, 5.74) is 1.10. The van der Waals surface area contributed by atoms with Crippen molar-refractivity contribution in [1.82, 2.24) is 0 Å². The molecule has 3 heteroatoms. The van der Waals surface area contributed by atoms with Crippen molar-refractivity contribution in [3.63, 3.8) is 0 Å². The van der Waals surface area contributed by atoms with Gasteiger partial charge in [-0.2, -0.15) is 0 Å². The minimum atomic E-state index is -1.04. The first-order valence-electron chi connectivity index (χ1n) is 5.40. The van der Waals surface area contributed by atoms with Gasteiger partial charge in [0.15, 0.2) is 0 Å². The molecule has 0 spiro atoms. The molecule has 0 aliphatic heterocycles. The molecule has 0 aliphatic rings. The fraction of sp³-hybridized carbons (Fsp3) is 0.143. The molecule has 0 fully saturated rings. The average molecular weight is 309 g/mol. The predicted octanol–water partition coefficient (Wildman–Crippen LogP) is 4.32. The SMILES string of the molecule is CC(c1ccccc1)S(=O)c1ccccc1Br. The topological polar surface area (TPSA) is 17.1 Å². The van der Waals surface area contributed by atoms with E-state index in [0.717, 1.165) is 14.9 Å². The van der Waals surface area contributed by atoms with E-state index in [4.69, 9.17) is 0 Å². The molecule has 0 amide bonds. The fourth-order valence-electron chi connectivity index (χ4n) is 1.65. The van der Waals surface area contributed by atoms with Crippen LogP contribution in [-0.4, -0.2) is 4.21 Å². The largest absolute Gasteiger partial charge is 0.254 e. The van der Waals surface area contributed by atoms with Crippen molar-refractivity contribution in [2.45, 2.75) is 17.1 Å². The Morgan fingerprint density at radius 1 is 1.00 bits per heavy atom. The van der Waals surface area contributed by atoms with Gasteiger partial charge in [-0.15, -0.1) is 0 Å². The van der Waals surface area contributed by atoms with Crippen LogP contribution in [0.15, 0.2) is 64.0 Å². The van der Waals surface area contributed by atoms with Crippen molar-refractivity contribution < 1.29 is 4.21 Å². The summed E-state index contributed by atoms with van der Waals surface area (Å²) in [6, 6.07) is 17.6. The van der Waals surface area contributed by atoms with Crippen LogP contribution < -0.4 is 0 Å². The fourth-order valence-corrected chi connectivity index (χ4v) is 3.67. The zero-order valence-corrected chi connectivity index (χ0v) is 11.9. The van der Waals surface area contributed by atoms with Crippen LogP contribution in [0.3, 0.4) is 0 Å². The number of benzene rings is 2. The predicted molar refractivity (Wildman–Crippen MR) is 75.4 cm³/mol. The van der Waals surface area contributed by atoms with Crippen molar-refractivity contribution in [3.8, 4) is 0 Å². The van der Waals surface area contributed by atoms with Gasteiger partial charge in [-0.1, -0.05) is 42.5 Å². The Hall–Kier alpha value is -0.930. The molecule has 17 heavy (non-hydrogen) atoms. The van der Waals surface area contributed by atoms with Crippen molar-refractivity contribution >= 4 is 26.7 Å². The summed E-state index contributed by atoms with van der Waals surface area (Å²) < 4.78 is 13.4. The van der Waals surface area contributed by atoms with E-state index in [2.05, 4.69) is 15.9 Å². The Bertz CT molecular complexity index is 525. The minimum Gasteiger partial charge on any atom is -0.254 e. The molecule has 2 aromatic rings. The van der Waals surface area contributed by atoms with E-state index in [9.17, 15) is 4.21 Å². The summed E-state index contributed by atoms with van der Waals surface area (Å²) in [6.45, 7) is 1.99. The Labute approximate surface area is 112 Å². The molecule has 0 aromatic heterocycles. The van der Waals surface area contributed by atoms with Crippen LogP contribution in [0, 0.1) is 0 Å². The second-order valence-corrected chi connectivity index (χ2v) is 6.38. The van der Waals surface area contributed by atoms with Crippen molar-refractivity contribution in [2.24, 2.45) is 0 Å². The zero-order valence-electron chi connectivity index (χ0n) is 9.47. The summed E-state index contributed by atoms with van der Waals surface area (Å²) in [5.74, 6) is 0. The average Bonchev–Trinajstić information content (AvgIpc) is 2.39. The highest BCUT2D eigenvalue weighted by atomic mass is 79.9. The highest BCUT2D eigenvalue weighted by Gasteiger charge is 2.16. The summed E-state index contributed by atoms with van der Waals surface area (Å²) in [4.78, 5) is 0.851. The smallest absolute Gasteiger partial charge is 0.0616 e. The van der Waals surface area contributed by atoms with E-state index in [-0.39, 0.29) is 5.25 Å². The molecule has 0 heterocycles. The van der Waals surface area contributed by atoms with Gasteiger partial charge in [-0.05, 0) is 40.5 Å². The lowest BCUT2D eigenvalue weighted by Gasteiger charge is -2.12. The molecule has 0 radical (unpaired) electrons. The Kier molecular flexibility index (Phi) is 4.13. The number of halogens is 1. The van der Waals surface area contributed by atoms with Gasteiger partial charge >= 0.3 is 0 Å². The third kappa shape index (κ3) is 2.85. The molecule has 2 atom stereocenters. The van der Waals surface area contributed by atoms with Crippen LogP contribution in [0.5, 0.6) is 0 Å². The highest BCUT2D eigenvalue weighted by molar-refractivity contribution is 9.10. The molecular formula is C14H13BrOS. The van der Waals surface area contributed by atoms with Crippen molar-refractivity contribution in [2.75, 3.05) is 0 Å². The number of hydrogen-bond acceptors (Lipinski definition) is 1. The third-order valence-corrected chi connectivity index (χ3v) is 5.30. The van der Waals surface area contributed by atoms with Gasteiger partial charge in [0.1, 0.15) is 0 Å². The van der Waals surface area contributed by atoms with Gasteiger partial charge in [-0.25, -0.2) is 0 Å². The van der Waals surface area contributed by atoms with E-state index in [0.29, 0.717) is 0 Å². The maximum absolute atomic E-state index is 12.4. The first-order valence-corrected chi connectivity index (χ1v) is 7.41. The summed E-state index contributed by atoms with van der Waals surface area (Å²) in [6.07, 6.45) is 0. The Morgan fingerprint density at radius 2 is 1.59 bits per heavy atom. The summed E-state index contributed by atoms with van der Waals surface area (Å²) in [7, 11) is -1.04. The standard InChI is InChI=1S/C14H13BrOS/c1-11(12-7-3-2-4-8-12)17(16)14-10-6-5-9-13(14)15/h2-11H,1H3. The normalized spacial score (nSPS) is 14.2. The Balaban J connectivity index is 2.30. The summed E-state index contributed by atoms with van der Waals surface area (Å²) in [5, 5.41) is -0.00472. The van der Waals surface area contributed by atoms with Crippen LogP contribution >= 0.6 is 15.9 Å². The van der Waals surface area contributed by atoms with Crippen LogP contribution in [0.4, 0.5) is 0 Å². The van der Waals surface area contributed by atoms with E-state index in [1.54, 1.807) is 0 Å². The zero-order chi connectivity index (χ0) is 12.3. The van der Waals surface area contributed by atoms with Gasteiger partial charge in [-0.3, -0.25) is 4.21 Å². The number of hydrogen-bond donors (Lipinski definition) is 0. The van der Waals surface area contributed by atoms with Crippen LogP contribution in [-0.2, 0) is 10.8 Å². The lowest BCUT2D eigenvalue weighted by molar-refractivity contribution is 0.675. The monoisotopic (exact) mass is 308 g/mol. The van der Waals surface area contributed by atoms with E-state index in [1.807, 2.05) is 61.5 Å². The minimum absolute atomic E-state index is 0.00472. The molecule has 0 bridgehead atoms. The first-order chi connectivity index (χ1) is 8.20. The van der Waals surface area contributed by atoms with E-state index >= 15 is 0 Å². The number of rotatable bonds is 3. The first kappa shape index (κ1) is 12.5. The van der Waals surface area contributed by atoms with Gasteiger partial charge in [0, 0.05) is 4.47 Å². The van der Waals surface area contributed by atoms with E-state index in [1.165, 1.54) is 0 Å². The maximum Gasteiger partial charge on any atom is 0.0616 e. The van der Waals surface area contributed by atoms with Crippen LogP contribution in [0.25, 0.3) is 0 Å². The molecule has 0 aliphatic carbocycles. The van der Waals surface area contributed by atoms with Crippen LogP contribution in [0.2, 0.25) is 0 Å². The molecule has 88 valence electrons. The molecule has 1 nitrogen and oxygen atoms in total. The van der Waals surface area contributed by atoms with Crippen LogP contribution in [0.1, 0.15) is 17.7 Å².